The number of likely N-dealkylation sites (N-methyl/N-ethyl adjacent to an activating group) is 2. The number of quaternary nitrogens is 1. The van der Waals surface area contributed by atoms with Gasteiger partial charge in [0.1, 0.15) is 11.8 Å². The van der Waals surface area contributed by atoms with Gasteiger partial charge in [-0.15, -0.1) is 11.3 Å². The predicted octanol–water partition coefficient (Wildman–Crippen LogP) is 1.24. The number of fused-ring (bicyclic) bond motifs is 1. The quantitative estimate of drug-likeness (QED) is 0.595. The number of hydrogen-bond acceptors (Lipinski definition) is 5. The summed E-state index contributed by atoms with van der Waals surface area (Å²) in [5, 5.41) is 3.75. The van der Waals surface area contributed by atoms with Gasteiger partial charge in [0.05, 0.1) is 36.6 Å². The Kier molecular flexibility index (Phi) is 6.43. The molecule has 0 saturated carbocycles. The van der Waals surface area contributed by atoms with Crippen LogP contribution in [-0.4, -0.2) is 48.9 Å². The second-order valence-corrected chi connectivity index (χ2v) is 7.93. The van der Waals surface area contributed by atoms with Crippen molar-refractivity contribution in [3.05, 3.63) is 53.4 Å². The van der Waals surface area contributed by atoms with Gasteiger partial charge in [-0.3, -0.25) is 9.59 Å². The maximum Gasteiger partial charge on any atom is 0.277 e. The van der Waals surface area contributed by atoms with Crippen LogP contribution in [0.15, 0.2) is 47.1 Å². The molecule has 3 aromatic rings. The molecule has 1 aromatic carbocycles. The molecule has 8 heteroatoms. The van der Waals surface area contributed by atoms with Crippen molar-refractivity contribution in [2.75, 3.05) is 27.2 Å². The molecule has 1 unspecified atom stereocenters. The Balaban J connectivity index is 1.50. The van der Waals surface area contributed by atoms with Crippen LogP contribution in [0.4, 0.5) is 0 Å². The number of nitrogens with zero attached hydrogens (tertiary/aromatic N) is 2. The number of hydrogen-bond donors (Lipinski definition) is 2. The number of furan rings is 1. The highest BCUT2D eigenvalue weighted by Crippen LogP contribution is 2.24. The molecule has 0 aliphatic carbocycles. The molecule has 0 saturated heterocycles. The first-order valence-electron chi connectivity index (χ1n) is 9.15. The van der Waals surface area contributed by atoms with Crippen LogP contribution >= 0.6 is 11.3 Å². The highest BCUT2D eigenvalue weighted by Gasteiger charge is 2.24. The van der Waals surface area contributed by atoms with Gasteiger partial charge in [-0.2, -0.15) is 0 Å². The SMILES string of the molecule is C[C@H](c1nc2ccccc2s1)[NH+](C)CC(=O)N(C)CC(=O)NCc1ccco1. The zero-order chi connectivity index (χ0) is 20.1. The van der Waals surface area contributed by atoms with Gasteiger partial charge in [-0.25, -0.2) is 4.98 Å². The predicted molar refractivity (Wildman–Crippen MR) is 108 cm³/mol. The molecule has 3 rings (SSSR count). The van der Waals surface area contributed by atoms with Crippen molar-refractivity contribution in [3.8, 4) is 0 Å². The summed E-state index contributed by atoms with van der Waals surface area (Å²) in [4.78, 5) is 31.7. The standard InChI is InChI=1S/C20H24N4O3S/c1-14(20-22-16-8-4-5-9-17(16)28-20)23(2)13-19(26)24(3)12-18(25)21-11-15-7-6-10-27-15/h4-10,14H,11-13H2,1-3H3,(H,21,25)/p+1/t14-/m1/s1. The molecule has 0 aliphatic rings. The number of benzene rings is 1. The van der Waals surface area contributed by atoms with E-state index < -0.39 is 0 Å². The lowest BCUT2D eigenvalue weighted by Crippen LogP contribution is -3.10. The van der Waals surface area contributed by atoms with Crippen molar-refractivity contribution < 1.29 is 18.9 Å². The number of nitrogens with one attached hydrogen (secondary N) is 2. The van der Waals surface area contributed by atoms with Gasteiger partial charge < -0.3 is 19.5 Å². The molecule has 2 atom stereocenters. The van der Waals surface area contributed by atoms with E-state index in [1.165, 1.54) is 4.90 Å². The Hall–Kier alpha value is -2.71. The molecule has 2 aromatic heterocycles. The molecule has 2 amide bonds. The van der Waals surface area contributed by atoms with Crippen molar-refractivity contribution in [1.29, 1.82) is 0 Å². The van der Waals surface area contributed by atoms with Crippen molar-refractivity contribution in [2.24, 2.45) is 0 Å². The monoisotopic (exact) mass is 401 g/mol. The molecule has 0 fully saturated rings. The van der Waals surface area contributed by atoms with E-state index in [0.717, 1.165) is 20.1 Å². The summed E-state index contributed by atoms with van der Waals surface area (Å²) >= 11 is 1.66. The van der Waals surface area contributed by atoms with E-state index >= 15 is 0 Å². The van der Waals surface area contributed by atoms with E-state index in [2.05, 4.69) is 23.3 Å². The molecule has 2 heterocycles. The van der Waals surface area contributed by atoms with Crippen LogP contribution in [0, 0.1) is 0 Å². The lowest BCUT2D eigenvalue weighted by Gasteiger charge is -2.22. The minimum Gasteiger partial charge on any atom is -0.467 e. The number of amides is 2. The molecule has 0 aliphatic heterocycles. The summed E-state index contributed by atoms with van der Waals surface area (Å²) < 4.78 is 6.32. The topological polar surface area (TPSA) is 79.9 Å². The Bertz CT molecular complexity index is 905. The summed E-state index contributed by atoms with van der Waals surface area (Å²) in [6.45, 7) is 2.69. The van der Waals surface area contributed by atoms with E-state index in [1.807, 2.05) is 25.2 Å². The van der Waals surface area contributed by atoms with Crippen LogP contribution in [0.25, 0.3) is 10.2 Å². The maximum atomic E-state index is 12.5. The zero-order valence-electron chi connectivity index (χ0n) is 16.3. The van der Waals surface area contributed by atoms with Crippen LogP contribution in [0.1, 0.15) is 23.7 Å². The first-order chi connectivity index (χ1) is 13.4. The van der Waals surface area contributed by atoms with Crippen LogP contribution in [0.5, 0.6) is 0 Å². The number of carbonyl (C=O) groups excluding carboxylic acids is 2. The first-order valence-corrected chi connectivity index (χ1v) is 9.96. The lowest BCUT2D eigenvalue weighted by atomic mass is 10.3. The second-order valence-electron chi connectivity index (χ2n) is 6.87. The van der Waals surface area contributed by atoms with Gasteiger partial charge in [0.15, 0.2) is 11.6 Å². The third-order valence-electron chi connectivity index (χ3n) is 4.70. The van der Waals surface area contributed by atoms with E-state index in [0.29, 0.717) is 18.8 Å². The Morgan fingerprint density at radius 2 is 2.07 bits per heavy atom. The Labute approximate surface area is 168 Å². The number of thiazole rings is 1. The summed E-state index contributed by atoms with van der Waals surface area (Å²) in [6, 6.07) is 11.7. The molecular weight excluding hydrogens is 376 g/mol. The fourth-order valence-electron chi connectivity index (χ4n) is 2.77. The average Bonchev–Trinajstić information content (AvgIpc) is 3.34. The Morgan fingerprint density at radius 3 is 2.79 bits per heavy atom. The summed E-state index contributed by atoms with van der Waals surface area (Å²) in [7, 11) is 3.61. The van der Waals surface area contributed by atoms with Gasteiger partial charge in [-0.1, -0.05) is 12.1 Å². The number of carbonyl (C=O) groups is 2. The van der Waals surface area contributed by atoms with Gasteiger partial charge >= 0.3 is 0 Å². The summed E-state index contributed by atoms with van der Waals surface area (Å²) in [6.07, 6.45) is 1.56. The number of aromatic nitrogens is 1. The summed E-state index contributed by atoms with van der Waals surface area (Å²) in [5.41, 5.74) is 0.985. The van der Waals surface area contributed by atoms with Crippen molar-refractivity contribution in [2.45, 2.75) is 19.5 Å². The molecule has 0 bridgehead atoms. The number of rotatable bonds is 8. The average molecular weight is 402 g/mol. The zero-order valence-corrected chi connectivity index (χ0v) is 17.1. The lowest BCUT2D eigenvalue weighted by molar-refractivity contribution is -0.902. The molecule has 0 spiro atoms. The van der Waals surface area contributed by atoms with Crippen LogP contribution < -0.4 is 10.2 Å². The van der Waals surface area contributed by atoms with Crippen molar-refractivity contribution in [3.63, 3.8) is 0 Å². The van der Waals surface area contributed by atoms with E-state index in [9.17, 15) is 9.59 Å². The van der Waals surface area contributed by atoms with Gasteiger partial charge in [0.2, 0.25) is 5.91 Å². The number of para-hydroxylation sites is 1. The molecule has 0 radical (unpaired) electrons. The fourth-order valence-corrected chi connectivity index (χ4v) is 3.88. The van der Waals surface area contributed by atoms with Gasteiger partial charge in [-0.05, 0) is 31.2 Å². The fraction of sp³-hybridized carbons (Fsp3) is 0.350. The van der Waals surface area contributed by atoms with Crippen LogP contribution in [0.2, 0.25) is 0 Å². The molecule has 28 heavy (non-hydrogen) atoms. The van der Waals surface area contributed by atoms with Gasteiger partial charge in [0, 0.05) is 7.05 Å². The van der Waals surface area contributed by atoms with Crippen LogP contribution in [-0.2, 0) is 16.1 Å². The molecule has 148 valence electrons. The van der Waals surface area contributed by atoms with Crippen molar-refractivity contribution >= 4 is 33.4 Å². The highest BCUT2D eigenvalue weighted by atomic mass is 32.1. The minimum atomic E-state index is -0.218. The smallest absolute Gasteiger partial charge is 0.277 e. The third-order valence-corrected chi connectivity index (χ3v) is 5.92. The maximum absolute atomic E-state index is 12.5. The van der Waals surface area contributed by atoms with E-state index in [-0.39, 0.29) is 24.4 Å². The second kappa shape index (κ2) is 8.99. The van der Waals surface area contributed by atoms with E-state index in [4.69, 9.17) is 4.42 Å². The van der Waals surface area contributed by atoms with Crippen LogP contribution in [0.3, 0.4) is 0 Å². The van der Waals surface area contributed by atoms with Crippen molar-refractivity contribution in [1.82, 2.24) is 15.2 Å². The molecule has 2 N–H and O–H groups in total. The first kappa shape index (κ1) is 20.0. The Morgan fingerprint density at radius 1 is 1.29 bits per heavy atom. The molecule has 7 nitrogen and oxygen atoms in total. The van der Waals surface area contributed by atoms with Gasteiger partial charge in [0.25, 0.3) is 5.91 Å². The largest absolute Gasteiger partial charge is 0.467 e. The third kappa shape index (κ3) is 4.96. The minimum absolute atomic E-state index is 0.0162. The highest BCUT2D eigenvalue weighted by molar-refractivity contribution is 7.18. The summed E-state index contributed by atoms with van der Waals surface area (Å²) in [5.74, 6) is 0.374. The normalized spacial score (nSPS) is 13.2. The van der Waals surface area contributed by atoms with E-state index in [1.54, 1.807) is 36.8 Å². The molecular formula is C20H25N4O3S+.